The first kappa shape index (κ1) is 16.8. The number of rotatable bonds is 3. The van der Waals surface area contributed by atoms with Gasteiger partial charge >= 0.3 is 0 Å². The van der Waals surface area contributed by atoms with Crippen molar-refractivity contribution in [2.45, 2.75) is 58.0 Å². The van der Waals surface area contributed by atoms with Gasteiger partial charge in [0, 0.05) is 16.9 Å². The molecule has 0 saturated heterocycles. The van der Waals surface area contributed by atoms with Gasteiger partial charge in [-0.05, 0) is 31.9 Å². The second-order valence-electron chi connectivity index (χ2n) is 7.33. The van der Waals surface area contributed by atoms with Crippen LogP contribution in [0, 0.1) is 6.92 Å². The number of benzene rings is 1. The lowest BCUT2D eigenvalue weighted by molar-refractivity contribution is -0.122. The number of H-pyrrole nitrogens is 1. The quantitative estimate of drug-likeness (QED) is 0.711. The maximum atomic E-state index is 12.8. The number of hydrogen-bond donors (Lipinski definition) is 2. The van der Waals surface area contributed by atoms with Crippen LogP contribution in [-0.4, -0.2) is 26.5 Å². The van der Waals surface area contributed by atoms with E-state index in [9.17, 15) is 9.59 Å². The van der Waals surface area contributed by atoms with E-state index in [-0.39, 0.29) is 24.1 Å². The van der Waals surface area contributed by atoms with Crippen LogP contribution in [0.2, 0.25) is 0 Å². The number of carbonyl (C=O) groups is 1. The lowest BCUT2D eigenvalue weighted by atomic mass is 10.1. The van der Waals surface area contributed by atoms with Gasteiger partial charge in [0.15, 0.2) is 0 Å². The van der Waals surface area contributed by atoms with E-state index in [4.69, 9.17) is 0 Å². The maximum Gasteiger partial charge on any atom is 0.278 e. The first-order chi connectivity index (χ1) is 12.6. The van der Waals surface area contributed by atoms with Gasteiger partial charge in [-0.2, -0.15) is 0 Å². The fourth-order valence-corrected chi connectivity index (χ4v) is 3.87. The smallest absolute Gasteiger partial charge is 0.278 e. The van der Waals surface area contributed by atoms with Crippen LogP contribution >= 0.6 is 0 Å². The summed E-state index contributed by atoms with van der Waals surface area (Å²) in [6, 6.07) is 6.20. The molecule has 1 aromatic carbocycles. The molecular weight excluding hydrogens is 328 g/mol. The molecule has 0 aliphatic heterocycles. The third-order valence-corrected chi connectivity index (χ3v) is 5.26. The number of carbonyl (C=O) groups excluding carboxylic acids is 1. The third kappa shape index (κ3) is 3.23. The predicted molar refractivity (Wildman–Crippen MR) is 102 cm³/mol. The van der Waals surface area contributed by atoms with Crippen molar-refractivity contribution < 1.29 is 4.79 Å². The molecule has 2 aromatic heterocycles. The largest absolute Gasteiger partial charge is 0.352 e. The van der Waals surface area contributed by atoms with E-state index in [0.717, 1.165) is 42.1 Å². The molecule has 6 nitrogen and oxygen atoms in total. The second kappa shape index (κ2) is 6.94. The minimum atomic E-state index is -0.208. The summed E-state index contributed by atoms with van der Waals surface area (Å²) >= 11 is 0. The number of hydrogen-bond acceptors (Lipinski definition) is 3. The first-order valence-corrected chi connectivity index (χ1v) is 9.38. The SMILES string of the molecule is Cc1ccc2[nH]c3c(=O)n(CC(=O)NC4CCCCCC4)cnc3c2c1. The summed E-state index contributed by atoms with van der Waals surface area (Å²) < 4.78 is 1.39. The van der Waals surface area contributed by atoms with Crippen molar-refractivity contribution in [1.82, 2.24) is 19.9 Å². The molecule has 26 heavy (non-hydrogen) atoms. The molecular formula is C20H24N4O2. The zero-order valence-corrected chi connectivity index (χ0v) is 15.0. The maximum absolute atomic E-state index is 12.8. The van der Waals surface area contributed by atoms with Gasteiger partial charge in [0.05, 0.1) is 6.33 Å². The normalized spacial score (nSPS) is 16.0. The average Bonchev–Trinajstić information content (AvgIpc) is 2.79. The summed E-state index contributed by atoms with van der Waals surface area (Å²) in [5.74, 6) is -0.118. The van der Waals surface area contributed by atoms with Crippen molar-refractivity contribution in [2.24, 2.45) is 0 Å². The number of aromatic nitrogens is 3. The van der Waals surface area contributed by atoms with E-state index in [0.29, 0.717) is 11.0 Å². The van der Waals surface area contributed by atoms with Crippen LogP contribution in [0.3, 0.4) is 0 Å². The van der Waals surface area contributed by atoms with E-state index in [2.05, 4.69) is 15.3 Å². The number of amides is 1. The summed E-state index contributed by atoms with van der Waals surface area (Å²) in [7, 11) is 0. The Labute approximate surface area is 151 Å². The zero-order chi connectivity index (χ0) is 18.1. The van der Waals surface area contributed by atoms with Crippen molar-refractivity contribution >= 4 is 27.8 Å². The van der Waals surface area contributed by atoms with Gasteiger partial charge in [-0.25, -0.2) is 4.98 Å². The molecule has 1 aliphatic rings. The molecule has 1 amide bonds. The van der Waals surface area contributed by atoms with E-state index < -0.39 is 0 Å². The van der Waals surface area contributed by atoms with Crippen LogP contribution in [0.4, 0.5) is 0 Å². The Hall–Kier alpha value is -2.63. The molecule has 4 rings (SSSR count). The van der Waals surface area contributed by atoms with Crippen molar-refractivity contribution in [3.63, 3.8) is 0 Å². The number of nitrogens with zero attached hydrogens (tertiary/aromatic N) is 2. The Balaban J connectivity index is 1.58. The van der Waals surface area contributed by atoms with Crippen molar-refractivity contribution in [1.29, 1.82) is 0 Å². The molecule has 0 atom stereocenters. The number of fused-ring (bicyclic) bond motifs is 3. The predicted octanol–water partition coefficient (Wildman–Crippen LogP) is 3.03. The highest BCUT2D eigenvalue weighted by molar-refractivity contribution is 6.04. The van der Waals surface area contributed by atoms with Gasteiger partial charge in [0.1, 0.15) is 17.6 Å². The van der Waals surface area contributed by atoms with Crippen molar-refractivity contribution in [3.05, 3.63) is 40.4 Å². The molecule has 0 bridgehead atoms. The number of aryl methyl sites for hydroxylation is 1. The monoisotopic (exact) mass is 352 g/mol. The molecule has 6 heteroatoms. The van der Waals surface area contributed by atoms with Crippen LogP contribution in [0.1, 0.15) is 44.1 Å². The van der Waals surface area contributed by atoms with Crippen LogP contribution in [0.5, 0.6) is 0 Å². The van der Waals surface area contributed by atoms with Crippen LogP contribution < -0.4 is 10.9 Å². The van der Waals surface area contributed by atoms with Gasteiger partial charge in [0.25, 0.3) is 5.56 Å². The summed E-state index contributed by atoms with van der Waals surface area (Å²) in [6.45, 7) is 2.02. The molecule has 136 valence electrons. The van der Waals surface area contributed by atoms with Gasteiger partial charge in [-0.3, -0.25) is 14.2 Å². The molecule has 1 aliphatic carbocycles. The molecule has 1 fully saturated rings. The zero-order valence-electron chi connectivity index (χ0n) is 15.0. The average molecular weight is 352 g/mol. The molecule has 0 spiro atoms. The van der Waals surface area contributed by atoms with Crippen LogP contribution in [0.15, 0.2) is 29.3 Å². The molecule has 0 radical (unpaired) electrons. The molecule has 2 N–H and O–H groups in total. The Kier molecular flexibility index (Phi) is 4.49. The summed E-state index contributed by atoms with van der Waals surface area (Å²) in [4.78, 5) is 32.8. The molecule has 0 unspecified atom stereocenters. The highest BCUT2D eigenvalue weighted by Gasteiger charge is 2.16. The lowest BCUT2D eigenvalue weighted by Gasteiger charge is -2.16. The van der Waals surface area contributed by atoms with Crippen molar-refractivity contribution in [3.8, 4) is 0 Å². The highest BCUT2D eigenvalue weighted by atomic mass is 16.2. The van der Waals surface area contributed by atoms with Gasteiger partial charge < -0.3 is 10.3 Å². The first-order valence-electron chi connectivity index (χ1n) is 9.38. The fourth-order valence-electron chi connectivity index (χ4n) is 3.87. The number of aromatic amines is 1. The molecule has 3 aromatic rings. The van der Waals surface area contributed by atoms with Crippen molar-refractivity contribution in [2.75, 3.05) is 0 Å². The van der Waals surface area contributed by atoms with Gasteiger partial charge in [-0.15, -0.1) is 0 Å². The van der Waals surface area contributed by atoms with E-state index in [1.807, 2.05) is 25.1 Å². The van der Waals surface area contributed by atoms with Gasteiger partial charge in [-0.1, -0.05) is 37.3 Å². The molecule has 1 saturated carbocycles. The summed E-state index contributed by atoms with van der Waals surface area (Å²) in [5, 5.41) is 4.02. The Morgan fingerprint density at radius 3 is 2.81 bits per heavy atom. The topological polar surface area (TPSA) is 79.8 Å². The minimum Gasteiger partial charge on any atom is -0.352 e. The third-order valence-electron chi connectivity index (χ3n) is 5.26. The minimum absolute atomic E-state index is 0.00661. The molecule has 2 heterocycles. The Morgan fingerprint density at radius 1 is 1.27 bits per heavy atom. The lowest BCUT2D eigenvalue weighted by Crippen LogP contribution is -2.38. The van der Waals surface area contributed by atoms with E-state index in [1.54, 1.807) is 0 Å². The standard InChI is InChI=1S/C20H24N4O2/c1-13-8-9-16-15(10-13)18-19(23-16)20(26)24(12-21-18)11-17(25)22-14-6-4-2-3-5-7-14/h8-10,12,14,23H,2-7,11H2,1H3,(H,22,25). The highest BCUT2D eigenvalue weighted by Crippen LogP contribution is 2.22. The van der Waals surface area contributed by atoms with Crippen LogP contribution in [0.25, 0.3) is 21.9 Å². The summed E-state index contributed by atoms with van der Waals surface area (Å²) in [6.07, 6.45) is 8.34. The van der Waals surface area contributed by atoms with Gasteiger partial charge in [0.2, 0.25) is 5.91 Å². The Bertz CT molecular complexity index is 1010. The summed E-state index contributed by atoms with van der Waals surface area (Å²) in [5.41, 5.74) is 2.91. The van der Waals surface area contributed by atoms with E-state index in [1.165, 1.54) is 23.7 Å². The fraction of sp³-hybridized carbons (Fsp3) is 0.450. The van der Waals surface area contributed by atoms with E-state index >= 15 is 0 Å². The van der Waals surface area contributed by atoms with Crippen LogP contribution in [-0.2, 0) is 11.3 Å². The number of nitrogens with one attached hydrogen (secondary N) is 2. The Morgan fingerprint density at radius 2 is 2.04 bits per heavy atom. The second-order valence-corrected chi connectivity index (χ2v) is 7.33.